The number of primary amides is 1. The van der Waals surface area contributed by atoms with Crippen molar-refractivity contribution in [1.29, 1.82) is 0 Å². The number of carbonyl (C=O) groups excluding carboxylic acids is 1. The molecule has 3 N–H and O–H groups in total. The zero-order valence-corrected chi connectivity index (χ0v) is 13.2. The molecular formula is C14H31N3O2. The molecule has 0 spiro atoms. The molecular weight excluding hydrogens is 242 g/mol. The first-order valence-corrected chi connectivity index (χ1v) is 7.07. The fourth-order valence-corrected chi connectivity index (χ4v) is 2.12. The van der Waals surface area contributed by atoms with Crippen LogP contribution in [0.1, 0.15) is 40.0 Å². The Morgan fingerprint density at radius 2 is 2.00 bits per heavy atom. The summed E-state index contributed by atoms with van der Waals surface area (Å²) in [6, 6.07) is 0.252. The predicted octanol–water partition coefficient (Wildman–Crippen LogP) is 0.977. The maximum Gasteiger partial charge on any atom is 0.237 e. The minimum absolute atomic E-state index is 0.252. The Morgan fingerprint density at radius 1 is 1.37 bits per heavy atom. The van der Waals surface area contributed by atoms with Gasteiger partial charge < -0.3 is 20.7 Å². The smallest absolute Gasteiger partial charge is 0.237 e. The molecule has 0 saturated heterocycles. The monoisotopic (exact) mass is 273 g/mol. The molecule has 1 amide bonds. The lowest BCUT2D eigenvalue weighted by atomic mass is 9.93. The highest BCUT2D eigenvalue weighted by Gasteiger charge is 2.30. The molecule has 114 valence electrons. The van der Waals surface area contributed by atoms with E-state index in [9.17, 15) is 4.79 Å². The van der Waals surface area contributed by atoms with Crippen molar-refractivity contribution in [3.63, 3.8) is 0 Å². The molecule has 0 aromatic rings. The maximum absolute atomic E-state index is 11.6. The molecule has 0 aliphatic heterocycles. The molecule has 0 radical (unpaired) electrons. The molecule has 0 saturated carbocycles. The van der Waals surface area contributed by atoms with Gasteiger partial charge in [-0.15, -0.1) is 0 Å². The average molecular weight is 273 g/mol. The van der Waals surface area contributed by atoms with Gasteiger partial charge in [-0.1, -0.05) is 0 Å². The second-order valence-corrected chi connectivity index (χ2v) is 5.75. The Kier molecular flexibility index (Phi) is 8.97. The molecule has 19 heavy (non-hydrogen) atoms. The lowest BCUT2D eigenvalue weighted by Gasteiger charge is -2.30. The number of hydrogen-bond donors (Lipinski definition) is 2. The Morgan fingerprint density at radius 3 is 2.47 bits per heavy atom. The summed E-state index contributed by atoms with van der Waals surface area (Å²) in [5.41, 5.74) is 4.90. The van der Waals surface area contributed by atoms with E-state index >= 15 is 0 Å². The van der Waals surface area contributed by atoms with Crippen LogP contribution in [0.2, 0.25) is 0 Å². The van der Waals surface area contributed by atoms with E-state index < -0.39 is 5.54 Å². The van der Waals surface area contributed by atoms with Crippen molar-refractivity contribution in [2.45, 2.75) is 51.6 Å². The number of carbonyl (C=O) groups is 1. The van der Waals surface area contributed by atoms with E-state index in [1.165, 1.54) is 0 Å². The number of rotatable bonds is 11. The molecule has 0 heterocycles. The zero-order valence-electron chi connectivity index (χ0n) is 13.2. The standard InChI is InChI=1S/C14H31N3O2/c1-12(2)16-14(3,13(15)18)8-6-7-9-17(4)10-11-19-5/h12,16H,6-11H2,1-5H3,(H2,15,18). The largest absolute Gasteiger partial charge is 0.383 e. The molecule has 1 unspecified atom stereocenters. The first-order valence-electron chi connectivity index (χ1n) is 7.07. The minimum atomic E-state index is -0.598. The summed E-state index contributed by atoms with van der Waals surface area (Å²) in [5, 5.41) is 3.27. The Bertz CT molecular complexity index is 259. The van der Waals surface area contributed by atoms with Crippen molar-refractivity contribution in [2.75, 3.05) is 33.9 Å². The van der Waals surface area contributed by atoms with Crippen molar-refractivity contribution in [3.05, 3.63) is 0 Å². The van der Waals surface area contributed by atoms with Crippen LogP contribution in [-0.4, -0.2) is 56.2 Å². The van der Waals surface area contributed by atoms with Crippen LogP contribution in [0.15, 0.2) is 0 Å². The molecule has 0 fully saturated rings. The van der Waals surface area contributed by atoms with Gasteiger partial charge in [0.1, 0.15) is 0 Å². The van der Waals surface area contributed by atoms with E-state index in [0.717, 1.165) is 39.0 Å². The SMILES string of the molecule is COCCN(C)CCCCC(C)(NC(C)C)C(N)=O. The highest BCUT2D eigenvalue weighted by Crippen LogP contribution is 2.14. The van der Waals surface area contributed by atoms with E-state index in [1.54, 1.807) is 7.11 Å². The van der Waals surface area contributed by atoms with E-state index in [0.29, 0.717) is 0 Å². The van der Waals surface area contributed by atoms with Gasteiger partial charge in [-0.3, -0.25) is 4.79 Å². The van der Waals surface area contributed by atoms with E-state index in [2.05, 4.69) is 17.3 Å². The van der Waals surface area contributed by atoms with Crippen LogP contribution in [-0.2, 0) is 9.53 Å². The molecule has 1 atom stereocenters. The molecule has 0 aromatic heterocycles. The van der Waals surface area contributed by atoms with Crippen molar-refractivity contribution < 1.29 is 9.53 Å². The summed E-state index contributed by atoms with van der Waals surface area (Å²) in [6.45, 7) is 8.65. The maximum atomic E-state index is 11.6. The molecule has 0 aliphatic carbocycles. The van der Waals surface area contributed by atoms with Crippen molar-refractivity contribution in [3.8, 4) is 0 Å². The fraction of sp³-hybridized carbons (Fsp3) is 0.929. The van der Waals surface area contributed by atoms with Gasteiger partial charge in [-0.25, -0.2) is 0 Å². The van der Waals surface area contributed by atoms with Gasteiger partial charge in [0.15, 0.2) is 0 Å². The number of unbranched alkanes of at least 4 members (excludes halogenated alkanes) is 1. The topological polar surface area (TPSA) is 67.6 Å². The van der Waals surface area contributed by atoms with Gasteiger partial charge in [-0.05, 0) is 53.6 Å². The number of methoxy groups -OCH3 is 1. The summed E-state index contributed by atoms with van der Waals surface area (Å²) >= 11 is 0. The number of likely N-dealkylation sites (N-methyl/N-ethyl adjacent to an activating group) is 1. The number of ether oxygens (including phenoxy) is 1. The first kappa shape index (κ1) is 18.4. The Labute approximate surface area is 117 Å². The molecule has 0 aliphatic rings. The third-order valence-corrected chi connectivity index (χ3v) is 3.29. The molecule has 0 rings (SSSR count). The van der Waals surface area contributed by atoms with Gasteiger partial charge in [0.05, 0.1) is 12.1 Å². The van der Waals surface area contributed by atoms with Gasteiger partial charge in [0.2, 0.25) is 5.91 Å². The quantitative estimate of drug-likeness (QED) is 0.551. The van der Waals surface area contributed by atoms with Crippen LogP contribution < -0.4 is 11.1 Å². The summed E-state index contributed by atoms with van der Waals surface area (Å²) in [4.78, 5) is 13.8. The third-order valence-electron chi connectivity index (χ3n) is 3.29. The second-order valence-electron chi connectivity index (χ2n) is 5.75. The predicted molar refractivity (Wildman–Crippen MR) is 79.1 cm³/mol. The lowest BCUT2D eigenvalue weighted by Crippen LogP contribution is -2.55. The summed E-state index contributed by atoms with van der Waals surface area (Å²) in [5.74, 6) is -0.270. The van der Waals surface area contributed by atoms with Crippen LogP contribution in [0.4, 0.5) is 0 Å². The van der Waals surface area contributed by atoms with Crippen LogP contribution >= 0.6 is 0 Å². The van der Waals surface area contributed by atoms with Gasteiger partial charge in [-0.2, -0.15) is 0 Å². The van der Waals surface area contributed by atoms with E-state index in [-0.39, 0.29) is 11.9 Å². The van der Waals surface area contributed by atoms with Crippen molar-refractivity contribution in [1.82, 2.24) is 10.2 Å². The average Bonchev–Trinajstić information content (AvgIpc) is 2.31. The van der Waals surface area contributed by atoms with E-state index in [1.807, 2.05) is 20.8 Å². The third kappa shape index (κ3) is 8.18. The van der Waals surface area contributed by atoms with Crippen molar-refractivity contribution in [2.24, 2.45) is 5.73 Å². The van der Waals surface area contributed by atoms with E-state index in [4.69, 9.17) is 10.5 Å². The number of nitrogens with zero attached hydrogens (tertiary/aromatic N) is 1. The second kappa shape index (κ2) is 9.28. The summed E-state index contributed by atoms with van der Waals surface area (Å²) in [7, 11) is 3.79. The highest BCUT2D eigenvalue weighted by molar-refractivity contribution is 5.84. The van der Waals surface area contributed by atoms with Crippen LogP contribution in [0.5, 0.6) is 0 Å². The number of nitrogens with one attached hydrogen (secondary N) is 1. The minimum Gasteiger partial charge on any atom is -0.383 e. The number of nitrogens with two attached hydrogens (primary N) is 1. The van der Waals surface area contributed by atoms with Crippen LogP contribution in [0.3, 0.4) is 0 Å². The Balaban J connectivity index is 3.97. The molecule has 0 aromatic carbocycles. The van der Waals surface area contributed by atoms with Gasteiger partial charge >= 0.3 is 0 Å². The van der Waals surface area contributed by atoms with Gasteiger partial charge in [0.25, 0.3) is 0 Å². The van der Waals surface area contributed by atoms with Crippen molar-refractivity contribution >= 4 is 5.91 Å². The van der Waals surface area contributed by atoms with Crippen LogP contribution in [0, 0.1) is 0 Å². The summed E-state index contributed by atoms with van der Waals surface area (Å²) < 4.78 is 5.04. The normalized spacial score (nSPS) is 14.9. The first-order chi connectivity index (χ1) is 8.81. The number of hydrogen-bond acceptors (Lipinski definition) is 4. The molecule has 5 heteroatoms. The number of amides is 1. The molecule has 5 nitrogen and oxygen atoms in total. The van der Waals surface area contributed by atoms with Gasteiger partial charge in [0, 0.05) is 19.7 Å². The Hall–Kier alpha value is -0.650. The highest BCUT2D eigenvalue weighted by atomic mass is 16.5. The lowest BCUT2D eigenvalue weighted by molar-refractivity contribution is -0.124. The summed E-state index contributed by atoms with van der Waals surface area (Å²) in [6.07, 6.45) is 2.82. The fourth-order valence-electron chi connectivity index (χ4n) is 2.12. The molecule has 0 bridgehead atoms. The zero-order chi connectivity index (χ0) is 14.9. The van der Waals surface area contributed by atoms with Crippen LogP contribution in [0.25, 0.3) is 0 Å².